The number of anilines is 2. The summed E-state index contributed by atoms with van der Waals surface area (Å²) in [5.41, 5.74) is 4.09. The van der Waals surface area contributed by atoms with Gasteiger partial charge in [0, 0.05) is 12.3 Å². The number of benzene rings is 2. The summed E-state index contributed by atoms with van der Waals surface area (Å²) >= 11 is 0. The Labute approximate surface area is 142 Å². The van der Waals surface area contributed by atoms with E-state index < -0.39 is 0 Å². The first-order valence-electron chi connectivity index (χ1n) is 8.04. The van der Waals surface area contributed by atoms with E-state index in [0.717, 1.165) is 35.7 Å². The monoisotopic (exact) mass is 319 g/mol. The molecule has 3 rings (SSSR count). The predicted octanol–water partition coefficient (Wildman–Crippen LogP) is 4.73. The molecule has 3 nitrogen and oxygen atoms in total. The Morgan fingerprint density at radius 2 is 1.75 bits per heavy atom. The van der Waals surface area contributed by atoms with Crippen molar-refractivity contribution in [3.63, 3.8) is 0 Å². The lowest BCUT2D eigenvalue weighted by Gasteiger charge is -2.33. The number of para-hydroxylation sites is 2. The van der Waals surface area contributed by atoms with Gasteiger partial charge in [-0.2, -0.15) is 0 Å². The van der Waals surface area contributed by atoms with Gasteiger partial charge >= 0.3 is 0 Å². The average molecular weight is 319 g/mol. The maximum Gasteiger partial charge on any atom is 0.151 e. The minimum absolute atomic E-state index is 0.213. The van der Waals surface area contributed by atoms with E-state index in [9.17, 15) is 0 Å². The summed E-state index contributed by atoms with van der Waals surface area (Å²) in [6, 6.07) is 16.3. The summed E-state index contributed by atoms with van der Waals surface area (Å²) in [7, 11) is 0. The fourth-order valence-electron chi connectivity index (χ4n) is 2.85. The number of aryl methyl sites for hydroxylation is 1. The molecule has 0 atom stereocenters. The number of allylic oxidation sites excluding steroid dienone is 2. The number of nitrogens with zero attached hydrogens (tertiary/aromatic N) is 1. The summed E-state index contributed by atoms with van der Waals surface area (Å²) < 4.78 is 5.93. The van der Waals surface area contributed by atoms with Crippen molar-refractivity contribution in [1.29, 1.82) is 0 Å². The van der Waals surface area contributed by atoms with E-state index in [4.69, 9.17) is 9.84 Å². The second-order valence-corrected chi connectivity index (χ2v) is 5.56. The van der Waals surface area contributed by atoms with Gasteiger partial charge < -0.3 is 14.7 Å². The molecular formula is C21H21NO2. The lowest BCUT2D eigenvalue weighted by atomic mass is 10.1. The number of hydrogen-bond donors (Lipinski definition) is 1. The Bertz CT molecular complexity index is 775. The van der Waals surface area contributed by atoms with Crippen molar-refractivity contribution < 1.29 is 9.84 Å². The third-order valence-electron chi connectivity index (χ3n) is 4.02. The van der Waals surface area contributed by atoms with Crippen molar-refractivity contribution in [2.75, 3.05) is 11.5 Å². The molecule has 2 aromatic rings. The molecule has 0 spiro atoms. The number of ether oxygens (including phenoxy) is 1. The van der Waals surface area contributed by atoms with Gasteiger partial charge in [0.2, 0.25) is 0 Å². The van der Waals surface area contributed by atoms with Crippen LogP contribution < -0.4 is 9.64 Å². The maximum absolute atomic E-state index is 8.97. The van der Waals surface area contributed by atoms with Gasteiger partial charge in [-0.25, -0.2) is 0 Å². The van der Waals surface area contributed by atoms with Crippen LogP contribution in [0, 0.1) is 0 Å². The molecular weight excluding hydrogens is 298 g/mol. The molecule has 122 valence electrons. The van der Waals surface area contributed by atoms with Gasteiger partial charge in [0.1, 0.15) is 0 Å². The molecule has 0 unspecified atom stereocenters. The standard InChI is InChI=1S/C21H21NO2/c1-3-18-20(4-2)24-21-10-6-5-9-19(21)22(18)17-13-11-16(12-14-17)8-7-15-23/h3-6,9-14,23H,1-2,7-8,15H2. The van der Waals surface area contributed by atoms with E-state index in [2.05, 4.69) is 42.3 Å². The van der Waals surface area contributed by atoms with Crippen LogP contribution in [-0.4, -0.2) is 11.7 Å². The van der Waals surface area contributed by atoms with Crippen LogP contribution in [0.4, 0.5) is 11.4 Å². The zero-order valence-corrected chi connectivity index (χ0v) is 13.6. The highest BCUT2D eigenvalue weighted by molar-refractivity contribution is 5.77. The predicted molar refractivity (Wildman–Crippen MR) is 98.5 cm³/mol. The second kappa shape index (κ2) is 7.20. The molecule has 0 aliphatic carbocycles. The summed E-state index contributed by atoms with van der Waals surface area (Å²) in [5, 5.41) is 8.97. The van der Waals surface area contributed by atoms with Crippen LogP contribution in [0.1, 0.15) is 12.0 Å². The molecule has 2 aromatic carbocycles. The van der Waals surface area contributed by atoms with Crippen LogP contribution in [0.25, 0.3) is 0 Å². The molecule has 0 fully saturated rings. The van der Waals surface area contributed by atoms with Crippen LogP contribution in [0.15, 0.2) is 85.3 Å². The zero-order valence-electron chi connectivity index (χ0n) is 13.6. The summed E-state index contributed by atoms with van der Waals surface area (Å²) in [4.78, 5) is 2.12. The zero-order chi connectivity index (χ0) is 16.9. The molecule has 1 N–H and O–H groups in total. The molecule has 0 aromatic heterocycles. The number of hydrogen-bond acceptors (Lipinski definition) is 3. The molecule has 0 bridgehead atoms. The molecule has 0 radical (unpaired) electrons. The Morgan fingerprint density at radius 3 is 2.42 bits per heavy atom. The Balaban J connectivity index is 2.04. The van der Waals surface area contributed by atoms with Gasteiger partial charge in [-0.3, -0.25) is 0 Å². The van der Waals surface area contributed by atoms with Crippen molar-refractivity contribution in [2.24, 2.45) is 0 Å². The number of fused-ring (bicyclic) bond motifs is 1. The van der Waals surface area contributed by atoms with Crippen molar-refractivity contribution >= 4 is 11.4 Å². The molecule has 24 heavy (non-hydrogen) atoms. The van der Waals surface area contributed by atoms with Gasteiger partial charge in [0.05, 0.1) is 11.4 Å². The van der Waals surface area contributed by atoms with Crippen molar-refractivity contribution in [3.8, 4) is 5.75 Å². The Kier molecular flexibility index (Phi) is 4.82. The van der Waals surface area contributed by atoms with Crippen LogP contribution in [0.2, 0.25) is 0 Å². The molecule has 1 aliphatic rings. The Hall–Kier alpha value is -2.78. The second-order valence-electron chi connectivity index (χ2n) is 5.56. The van der Waals surface area contributed by atoms with Gasteiger partial charge in [0.15, 0.2) is 11.5 Å². The first kappa shape index (κ1) is 16.1. The third-order valence-corrected chi connectivity index (χ3v) is 4.02. The van der Waals surface area contributed by atoms with Crippen LogP contribution in [-0.2, 0) is 6.42 Å². The first-order valence-corrected chi connectivity index (χ1v) is 8.04. The molecule has 0 saturated carbocycles. The van der Waals surface area contributed by atoms with Gasteiger partial charge in [-0.1, -0.05) is 37.4 Å². The lowest BCUT2D eigenvalue weighted by Crippen LogP contribution is -2.22. The maximum atomic E-state index is 8.97. The third kappa shape index (κ3) is 2.99. The van der Waals surface area contributed by atoms with E-state index in [1.165, 1.54) is 5.56 Å². The minimum atomic E-state index is 0.213. The van der Waals surface area contributed by atoms with E-state index in [-0.39, 0.29) is 6.61 Å². The molecule has 1 heterocycles. The van der Waals surface area contributed by atoms with Crippen LogP contribution in [0.3, 0.4) is 0 Å². The van der Waals surface area contributed by atoms with Crippen molar-refractivity contribution in [2.45, 2.75) is 12.8 Å². The highest BCUT2D eigenvalue weighted by Gasteiger charge is 2.25. The van der Waals surface area contributed by atoms with E-state index in [1.807, 2.05) is 24.3 Å². The normalized spacial score (nSPS) is 13.3. The van der Waals surface area contributed by atoms with E-state index >= 15 is 0 Å². The molecule has 1 aliphatic heterocycles. The topological polar surface area (TPSA) is 32.7 Å². The SMILES string of the molecule is C=CC1=C(C=C)N(c2ccc(CCCO)cc2)c2ccccc2O1. The van der Waals surface area contributed by atoms with Crippen LogP contribution in [0.5, 0.6) is 5.75 Å². The van der Waals surface area contributed by atoms with Crippen LogP contribution >= 0.6 is 0 Å². The first-order chi connectivity index (χ1) is 11.8. The highest BCUT2D eigenvalue weighted by Crippen LogP contribution is 2.42. The fraction of sp³-hybridized carbons (Fsp3) is 0.143. The molecule has 0 amide bonds. The van der Waals surface area contributed by atoms with Gasteiger partial charge in [0.25, 0.3) is 0 Å². The van der Waals surface area contributed by atoms with Gasteiger partial charge in [-0.15, -0.1) is 0 Å². The van der Waals surface area contributed by atoms with E-state index in [1.54, 1.807) is 12.2 Å². The summed E-state index contributed by atoms with van der Waals surface area (Å²) in [6.07, 6.45) is 5.14. The molecule has 3 heteroatoms. The Morgan fingerprint density at radius 1 is 1.00 bits per heavy atom. The number of aliphatic hydroxyl groups is 1. The lowest BCUT2D eigenvalue weighted by molar-refractivity contribution is 0.288. The molecule has 0 saturated heterocycles. The average Bonchev–Trinajstić information content (AvgIpc) is 2.65. The quantitative estimate of drug-likeness (QED) is 0.836. The minimum Gasteiger partial charge on any atom is -0.453 e. The number of aliphatic hydroxyl groups excluding tert-OH is 1. The van der Waals surface area contributed by atoms with E-state index in [0.29, 0.717) is 5.76 Å². The van der Waals surface area contributed by atoms with Crippen molar-refractivity contribution in [1.82, 2.24) is 0 Å². The smallest absolute Gasteiger partial charge is 0.151 e. The van der Waals surface area contributed by atoms with Crippen molar-refractivity contribution in [3.05, 3.63) is 90.9 Å². The largest absolute Gasteiger partial charge is 0.453 e. The van der Waals surface area contributed by atoms with Gasteiger partial charge in [-0.05, 0) is 54.8 Å². The highest BCUT2D eigenvalue weighted by atomic mass is 16.5. The number of rotatable bonds is 6. The summed E-state index contributed by atoms with van der Waals surface area (Å²) in [6.45, 7) is 8.00. The summed E-state index contributed by atoms with van der Waals surface area (Å²) in [5.74, 6) is 1.48. The fourth-order valence-corrected chi connectivity index (χ4v) is 2.85.